The van der Waals surface area contributed by atoms with Crippen LogP contribution in [0.1, 0.15) is 26.3 Å². The molecule has 0 fully saturated rings. The number of hydrogen-bond donors (Lipinski definition) is 2. The van der Waals surface area contributed by atoms with Crippen molar-refractivity contribution in [2.45, 2.75) is 6.18 Å². The second kappa shape index (κ2) is 8.86. The maximum atomic E-state index is 12.9. The first-order valence-corrected chi connectivity index (χ1v) is 9.39. The van der Waals surface area contributed by atoms with Crippen LogP contribution in [0.3, 0.4) is 0 Å². The van der Waals surface area contributed by atoms with E-state index < -0.39 is 23.6 Å². The van der Waals surface area contributed by atoms with Gasteiger partial charge in [0.05, 0.1) is 11.3 Å². The molecule has 0 bridgehead atoms. The largest absolute Gasteiger partial charge is 0.416 e. The number of alkyl halides is 3. The molecule has 2 N–H and O–H groups in total. The zero-order valence-corrected chi connectivity index (χ0v) is 16.6. The van der Waals surface area contributed by atoms with Crippen LogP contribution in [0.15, 0.2) is 73.3 Å². The van der Waals surface area contributed by atoms with E-state index in [9.17, 15) is 22.8 Å². The Morgan fingerprint density at radius 1 is 0.758 bits per heavy atom. The van der Waals surface area contributed by atoms with Crippen LogP contribution in [0, 0.1) is 0 Å². The Labute approximate surface area is 184 Å². The molecule has 9 nitrogen and oxygen atoms in total. The van der Waals surface area contributed by atoms with Crippen molar-refractivity contribution >= 4 is 23.7 Å². The Morgan fingerprint density at radius 3 is 1.79 bits per heavy atom. The second-order valence-corrected chi connectivity index (χ2v) is 6.60. The minimum atomic E-state index is -4.51. The molecule has 0 aliphatic heterocycles. The van der Waals surface area contributed by atoms with Gasteiger partial charge < -0.3 is 0 Å². The number of pyridine rings is 2. The summed E-state index contributed by atoms with van der Waals surface area (Å²) in [6, 6.07) is 10.0. The minimum Gasteiger partial charge on any atom is -0.290 e. The molecular weight excluding hydrogens is 439 g/mol. The molecule has 166 valence electrons. The van der Waals surface area contributed by atoms with Gasteiger partial charge in [-0.25, -0.2) is 0 Å². The van der Waals surface area contributed by atoms with Gasteiger partial charge in [-0.3, -0.25) is 30.2 Å². The fourth-order valence-electron chi connectivity index (χ4n) is 2.77. The van der Waals surface area contributed by atoms with Crippen LogP contribution in [0.5, 0.6) is 0 Å². The number of carbonyl (C=O) groups excluding carboxylic acids is 2. The average molecular weight is 453 g/mol. The molecule has 0 spiro atoms. The van der Waals surface area contributed by atoms with Gasteiger partial charge >= 0.3 is 6.18 Å². The summed E-state index contributed by atoms with van der Waals surface area (Å²) in [7, 11) is 0. The van der Waals surface area contributed by atoms with Crippen molar-refractivity contribution in [3.05, 3.63) is 90.0 Å². The SMILES string of the molecule is O=C(Nc1nc(NC(=O)c2ccncc2)n(-c2ccc(C(F)(F)F)cc2)n1)c1ccncc1. The van der Waals surface area contributed by atoms with E-state index in [0.29, 0.717) is 5.56 Å². The predicted molar refractivity (Wildman–Crippen MR) is 111 cm³/mol. The highest BCUT2D eigenvalue weighted by Gasteiger charge is 2.30. The lowest BCUT2D eigenvalue weighted by Crippen LogP contribution is -2.16. The molecule has 0 saturated carbocycles. The lowest BCUT2D eigenvalue weighted by atomic mass is 10.2. The van der Waals surface area contributed by atoms with Gasteiger partial charge in [-0.15, -0.1) is 5.10 Å². The molecule has 33 heavy (non-hydrogen) atoms. The van der Waals surface area contributed by atoms with Gasteiger partial charge in [0.1, 0.15) is 0 Å². The summed E-state index contributed by atoms with van der Waals surface area (Å²) in [5, 5.41) is 9.16. The molecular formula is C21H14F3N7O2. The summed E-state index contributed by atoms with van der Waals surface area (Å²) in [6.45, 7) is 0. The number of nitrogens with zero attached hydrogens (tertiary/aromatic N) is 5. The molecule has 0 aliphatic rings. The Balaban J connectivity index is 1.67. The topological polar surface area (TPSA) is 115 Å². The lowest BCUT2D eigenvalue weighted by molar-refractivity contribution is -0.137. The second-order valence-electron chi connectivity index (χ2n) is 6.60. The van der Waals surface area contributed by atoms with E-state index in [1.807, 2.05) is 0 Å². The van der Waals surface area contributed by atoms with Crippen LogP contribution < -0.4 is 10.6 Å². The van der Waals surface area contributed by atoms with Gasteiger partial charge in [-0.05, 0) is 48.5 Å². The van der Waals surface area contributed by atoms with Crippen LogP contribution in [-0.4, -0.2) is 36.5 Å². The maximum absolute atomic E-state index is 12.9. The Hall–Kier alpha value is -4.61. The Morgan fingerprint density at radius 2 is 1.27 bits per heavy atom. The summed E-state index contributed by atoms with van der Waals surface area (Å²) in [5.41, 5.74) is -0.0996. The van der Waals surface area contributed by atoms with E-state index in [4.69, 9.17) is 0 Å². The molecule has 2 amide bonds. The maximum Gasteiger partial charge on any atom is 0.416 e. The Kier molecular flexibility index (Phi) is 5.81. The smallest absolute Gasteiger partial charge is 0.290 e. The highest BCUT2D eigenvalue weighted by atomic mass is 19.4. The standard InChI is InChI=1S/C21H14F3N7O2/c22-21(23,24)15-1-3-16(4-2-15)31-20(28-18(33)14-7-11-26-12-8-14)29-19(30-31)27-17(32)13-5-9-25-10-6-13/h1-12H,(H2,27,28,29,30,32,33). The van der Waals surface area contributed by atoms with Crippen molar-refractivity contribution in [2.75, 3.05) is 10.6 Å². The van der Waals surface area contributed by atoms with Crippen molar-refractivity contribution in [3.8, 4) is 5.69 Å². The molecule has 0 aliphatic carbocycles. The number of amides is 2. The van der Waals surface area contributed by atoms with Crippen LogP contribution in [0.4, 0.5) is 25.1 Å². The normalized spacial score (nSPS) is 11.1. The molecule has 0 atom stereocenters. The predicted octanol–water partition coefficient (Wildman–Crippen LogP) is 3.58. The van der Waals surface area contributed by atoms with E-state index in [-0.39, 0.29) is 23.1 Å². The van der Waals surface area contributed by atoms with Crippen molar-refractivity contribution in [1.29, 1.82) is 0 Å². The summed E-state index contributed by atoms with van der Waals surface area (Å²) in [5.74, 6) is -1.36. The summed E-state index contributed by atoms with van der Waals surface area (Å²) in [6.07, 6.45) is 1.21. The molecule has 4 rings (SSSR count). The van der Waals surface area contributed by atoms with Crippen molar-refractivity contribution in [3.63, 3.8) is 0 Å². The number of rotatable bonds is 5. The third-order valence-electron chi connectivity index (χ3n) is 4.38. The highest BCUT2D eigenvalue weighted by Crippen LogP contribution is 2.30. The molecule has 1 aromatic carbocycles. The molecule has 12 heteroatoms. The van der Waals surface area contributed by atoms with E-state index in [1.165, 1.54) is 61.2 Å². The average Bonchev–Trinajstić information content (AvgIpc) is 3.21. The van der Waals surface area contributed by atoms with Gasteiger partial charge in [0.2, 0.25) is 5.95 Å². The number of aromatic nitrogens is 5. The van der Waals surface area contributed by atoms with Gasteiger partial charge in [-0.1, -0.05) is 0 Å². The summed E-state index contributed by atoms with van der Waals surface area (Å²) in [4.78, 5) is 36.8. The molecule has 0 unspecified atom stereocenters. The van der Waals surface area contributed by atoms with Crippen LogP contribution >= 0.6 is 0 Å². The molecule has 4 aromatic rings. The Bertz CT molecular complexity index is 1270. The fraction of sp³-hybridized carbons (Fsp3) is 0.0476. The van der Waals surface area contributed by atoms with E-state index in [2.05, 4.69) is 30.7 Å². The van der Waals surface area contributed by atoms with E-state index in [1.54, 1.807) is 0 Å². The van der Waals surface area contributed by atoms with Crippen molar-refractivity contribution in [2.24, 2.45) is 0 Å². The van der Waals surface area contributed by atoms with Crippen LogP contribution in [0.2, 0.25) is 0 Å². The first-order chi connectivity index (χ1) is 15.8. The quantitative estimate of drug-likeness (QED) is 0.477. The third-order valence-corrected chi connectivity index (χ3v) is 4.38. The van der Waals surface area contributed by atoms with Crippen molar-refractivity contribution in [1.82, 2.24) is 24.7 Å². The van der Waals surface area contributed by atoms with Crippen LogP contribution in [0.25, 0.3) is 5.69 Å². The fourth-order valence-corrected chi connectivity index (χ4v) is 2.77. The first kappa shape index (κ1) is 21.6. The molecule has 0 saturated heterocycles. The number of hydrogen-bond acceptors (Lipinski definition) is 6. The molecule has 0 radical (unpaired) electrons. The summed E-state index contributed by atoms with van der Waals surface area (Å²) >= 11 is 0. The van der Waals surface area contributed by atoms with E-state index in [0.717, 1.165) is 16.8 Å². The highest BCUT2D eigenvalue weighted by molar-refractivity contribution is 6.04. The monoisotopic (exact) mass is 453 g/mol. The first-order valence-electron chi connectivity index (χ1n) is 9.39. The molecule has 3 heterocycles. The van der Waals surface area contributed by atoms with Gasteiger partial charge in [0.15, 0.2) is 0 Å². The van der Waals surface area contributed by atoms with Gasteiger partial charge in [0.25, 0.3) is 17.8 Å². The minimum absolute atomic E-state index is 0.110. The number of anilines is 2. The number of carbonyl (C=O) groups is 2. The summed E-state index contributed by atoms with van der Waals surface area (Å²) < 4.78 is 39.9. The number of benzene rings is 1. The van der Waals surface area contributed by atoms with E-state index >= 15 is 0 Å². The lowest BCUT2D eigenvalue weighted by Gasteiger charge is -2.09. The number of nitrogens with one attached hydrogen (secondary N) is 2. The zero-order chi connectivity index (χ0) is 23.4. The third kappa shape index (κ3) is 5.01. The number of halogens is 3. The van der Waals surface area contributed by atoms with Crippen LogP contribution in [-0.2, 0) is 6.18 Å². The van der Waals surface area contributed by atoms with Crippen molar-refractivity contribution < 1.29 is 22.8 Å². The van der Waals surface area contributed by atoms with Gasteiger partial charge in [-0.2, -0.15) is 22.8 Å². The zero-order valence-electron chi connectivity index (χ0n) is 16.6. The van der Waals surface area contributed by atoms with Gasteiger partial charge in [0, 0.05) is 35.9 Å². The molecule has 3 aromatic heterocycles.